The normalized spacial score (nSPS) is 12.1. The Balaban J connectivity index is 2.20. The zero-order valence-corrected chi connectivity index (χ0v) is 11.5. The van der Waals surface area contributed by atoms with Gasteiger partial charge in [-0.15, -0.1) is 0 Å². The molecule has 0 N–H and O–H groups in total. The summed E-state index contributed by atoms with van der Waals surface area (Å²) in [6.45, 7) is 4.11. The average molecular weight is 248 g/mol. The van der Waals surface area contributed by atoms with Crippen molar-refractivity contribution < 1.29 is 9.53 Å². The summed E-state index contributed by atoms with van der Waals surface area (Å²) in [6.07, 6.45) is 6.18. The highest BCUT2D eigenvalue weighted by Crippen LogP contribution is 2.17. The van der Waals surface area contributed by atoms with E-state index in [1.165, 1.54) is 19.3 Å². The number of carbonyl (C=O) groups excluding carboxylic acids is 1. The van der Waals surface area contributed by atoms with Gasteiger partial charge in [0.1, 0.15) is 6.10 Å². The molecule has 0 fully saturated rings. The SMILES string of the molecule is CCCCCCCC(=O)O[C@@H](C)c1ccccc1. The third-order valence-electron chi connectivity index (χ3n) is 3.06. The quantitative estimate of drug-likeness (QED) is 0.494. The monoisotopic (exact) mass is 248 g/mol. The molecule has 0 spiro atoms. The van der Waals surface area contributed by atoms with E-state index in [1.54, 1.807) is 0 Å². The lowest BCUT2D eigenvalue weighted by molar-refractivity contribution is -0.148. The first-order valence-electron chi connectivity index (χ1n) is 6.98. The number of rotatable bonds is 8. The summed E-state index contributed by atoms with van der Waals surface area (Å²) >= 11 is 0. The number of ether oxygens (including phenoxy) is 1. The Hall–Kier alpha value is -1.31. The zero-order valence-electron chi connectivity index (χ0n) is 11.5. The summed E-state index contributed by atoms with van der Waals surface area (Å²) in [5.74, 6) is -0.0807. The van der Waals surface area contributed by atoms with Crippen LogP contribution in [0.4, 0.5) is 0 Å². The topological polar surface area (TPSA) is 26.3 Å². The Kier molecular flexibility index (Phi) is 7.16. The molecule has 0 saturated heterocycles. The molecule has 1 aromatic carbocycles. The highest BCUT2D eigenvalue weighted by molar-refractivity contribution is 5.69. The van der Waals surface area contributed by atoms with E-state index in [0.717, 1.165) is 18.4 Å². The van der Waals surface area contributed by atoms with Crippen molar-refractivity contribution in [3.05, 3.63) is 35.9 Å². The smallest absolute Gasteiger partial charge is 0.306 e. The second-order valence-corrected chi connectivity index (χ2v) is 4.71. The van der Waals surface area contributed by atoms with Gasteiger partial charge in [0, 0.05) is 6.42 Å². The van der Waals surface area contributed by atoms with Gasteiger partial charge in [-0.25, -0.2) is 0 Å². The molecule has 0 bridgehead atoms. The zero-order chi connectivity index (χ0) is 13.2. The van der Waals surface area contributed by atoms with Gasteiger partial charge in [-0.2, -0.15) is 0 Å². The lowest BCUT2D eigenvalue weighted by Gasteiger charge is -2.13. The second kappa shape index (κ2) is 8.73. The van der Waals surface area contributed by atoms with Gasteiger partial charge < -0.3 is 4.74 Å². The van der Waals surface area contributed by atoms with Gasteiger partial charge in [-0.05, 0) is 18.9 Å². The molecule has 0 radical (unpaired) electrons. The van der Waals surface area contributed by atoms with Gasteiger partial charge in [0.15, 0.2) is 0 Å². The van der Waals surface area contributed by atoms with Crippen LogP contribution in [0.15, 0.2) is 30.3 Å². The highest BCUT2D eigenvalue weighted by atomic mass is 16.5. The number of esters is 1. The van der Waals surface area contributed by atoms with Crippen LogP contribution >= 0.6 is 0 Å². The lowest BCUT2D eigenvalue weighted by atomic mass is 10.1. The summed E-state index contributed by atoms with van der Waals surface area (Å²) in [5, 5.41) is 0. The predicted molar refractivity (Wildman–Crippen MR) is 74.3 cm³/mol. The number of hydrogen-bond donors (Lipinski definition) is 0. The minimum Gasteiger partial charge on any atom is -0.458 e. The van der Waals surface area contributed by atoms with Crippen LogP contribution in [-0.2, 0) is 9.53 Å². The summed E-state index contributed by atoms with van der Waals surface area (Å²) < 4.78 is 5.40. The van der Waals surface area contributed by atoms with E-state index in [2.05, 4.69) is 6.92 Å². The van der Waals surface area contributed by atoms with Crippen molar-refractivity contribution in [3.63, 3.8) is 0 Å². The van der Waals surface area contributed by atoms with Gasteiger partial charge in [0.2, 0.25) is 0 Å². The molecule has 0 unspecified atom stereocenters. The van der Waals surface area contributed by atoms with E-state index in [-0.39, 0.29) is 12.1 Å². The van der Waals surface area contributed by atoms with Crippen molar-refractivity contribution in [2.75, 3.05) is 0 Å². The molecule has 1 rings (SSSR count). The maximum atomic E-state index is 11.6. The van der Waals surface area contributed by atoms with Gasteiger partial charge in [-0.3, -0.25) is 4.79 Å². The van der Waals surface area contributed by atoms with Gasteiger partial charge in [-0.1, -0.05) is 62.9 Å². The van der Waals surface area contributed by atoms with Crippen molar-refractivity contribution >= 4 is 5.97 Å². The first kappa shape index (κ1) is 14.7. The summed E-state index contributed by atoms with van der Waals surface area (Å²) in [7, 11) is 0. The molecule has 1 aromatic rings. The molecule has 2 heteroatoms. The number of benzene rings is 1. The Morgan fingerprint density at radius 2 is 1.78 bits per heavy atom. The van der Waals surface area contributed by atoms with E-state index in [4.69, 9.17) is 4.74 Å². The molecular formula is C16H24O2. The van der Waals surface area contributed by atoms with E-state index >= 15 is 0 Å². The molecule has 0 aromatic heterocycles. The second-order valence-electron chi connectivity index (χ2n) is 4.71. The summed E-state index contributed by atoms with van der Waals surface area (Å²) in [4.78, 5) is 11.6. The molecule has 0 aliphatic rings. The molecule has 2 nitrogen and oxygen atoms in total. The molecule has 100 valence electrons. The third-order valence-corrected chi connectivity index (χ3v) is 3.06. The third kappa shape index (κ3) is 5.85. The molecule has 0 aliphatic heterocycles. The Morgan fingerprint density at radius 3 is 2.44 bits per heavy atom. The van der Waals surface area contributed by atoms with E-state index < -0.39 is 0 Å². The van der Waals surface area contributed by atoms with E-state index in [9.17, 15) is 4.79 Å². The van der Waals surface area contributed by atoms with Crippen LogP contribution in [0.2, 0.25) is 0 Å². The predicted octanol–water partition coefficient (Wildman–Crippen LogP) is 4.65. The van der Waals surface area contributed by atoms with Gasteiger partial charge in [0.25, 0.3) is 0 Å². The first-order valence-corrected chi connectivity index (χ1v) is 6.98. The average Bonchev–Trinajstić information content (AvgIpc) is 2.39. The fraction of sp³-hybridized carbons (Fsp3) is 0.562. The largest absolute Gasteiger partial charge is 0.458 e. The molecular weight excluding hydrogens is 224 g/mol. The minimum absolute atomic E-state index is 0.0807. The molecule has 18 heavy (non-hydrogen) atoms. The van der Waals surface area contributed by atoms with E-state index in [1.807, 2.05) is 37.3 Å². The fourth-order valence-corrected chi connectivity index (χ4v) is 1.92. The van der Waals surface area contributed by atoms with Crippen molar-refractivity contribution in [2.45, 2.75) is 58.5 Å². The Labute approximate surface area is 110 Å². The summed E-state index contributed by atoms with van der Waals surface area (Å²) in [5.41, 5.74) is 1.05. The van der Waals surface area contributed by atoms with Gasteiger partial charge >= 0.3 is 5.97 Å². The van der Waals surface area contributed by atoms with Crippen LogP contribution in [0.3, 0.4) is 0 Å². The van der Waals surface area contributed by atoms with Crippen LogP contribution in [0.25, 0.3) is 0 Å². The molecule has 1 atom stereocenters. The van der Waals surface area contributed by atoms with Crippen molar-refractivity contribution in [1.82, 2.24) is 0 Å². The lowest BCUT2D eigenvalue weighted by Crippen LogP contribution is -2.08. The van der Waals surface area contributed by atoms with Crippen molar-refractivity contribution in [1.29, 1.82) is 0 Å². The van der Waals surface area contributed by atoms with Crippen LogP contribution in [0.1, 0.15) is 64.0 Å². The number of carbonyl (C=O) groups is 1. The van der Waals surface area contributed by atoms with Crippen LogP contribution in [0.5, 0.6) is 0 Å². The van der Waals surface area contributed by atoms with Crippen LogP contribution < -0.4 is 0 Å². The fourth-order valence-electron chi connectivity index (χ4n) is 1.92. The summed E-state index contributed by atoms with van der Waals surface area (Å²) in [6, 6.07) is 9.86. The van der Waals surface area contributed by atoms with Crippen LogP contribution in [-0.4, -0.2) is 5.97 Å². The minimum atomic E-state index is -0.144. The van der Waals surface area contributed by atoms with Gasteiger partial charge in [0.05, 0.1) is 0 Å². The first-order chi connectivity index (χ1) is 8.74. The standard InChI is InChI=1S/C16H24O2/c1-3-4-5-6-10-13-16(17)18-14(2)15-11-8-7-9-12-15/h7-9,11-12,14H,3-6,10,13H2,1-2H3/t14-/m0/s1. The Morgan fingerprint density at radius 1 is 1.11 bits per heavy atom. The van der Waals surface area contributed by atoms with Crippen molar-refractivity contribution in [3.8, 4) is 0 Å². The number of unbranched alkanes of at least 4 members (excludes halogenated alkanes) is 4. The molecule has 0 amide bonds. The van der Waals surface area contributed by atoms with E-state index in [0.29, 0.717) is 6.42 Å². The maximum absolute atomic E-state index is 11.6. The van der Waals surface area contributed by atoms with Crippen LogP contribution in [0, 0.1) is 0 Å². The Bertz CT molecular complexity index is 332. The van der Waals surface area contributed by atoms with Crippen molar-refractivity contribution in [2.24, 2.45) is 0 Å². The molecule has 0 aliphatic carbocycles. The maximum Gasteiger partial charge on any atom is 0.306 e. The highest BCUT2D eigenvalue weighted by Gasteiger charge is 2.10. The molecule has 0 heterocycles. The number of hydrogen-bond acceptors (Lipinski definition) is 2. The molecule has 0 saturated carbocycles.